The van der Waals surface area contributed by atoms with E-state index in [1.807, 2.05) is 60.7 Å². The van der Waals surface area contributed by atoms with E-state index < -0.39 is 0 Å². The number of fused-ring (bicyclic) bond motifs is 4. The molecule has 0 fully saturated rings. The quantitative estimate of drug-likeness (QED) is 0.228. The van der Waals surface area contributed by atoms with Gasteiger partial charge in [0.2, 0.25) is 0 Å². The van der Waals surface area contributed by atoms with E-state index in [1.165, 1.54) is 44.2 Å². The van der Waals surface area contributed by atoms with Crippen LogP contribution in [-0.4, -0.2) is 12.2 Å². The van der Waals surface area contributed by atoms with Gasteiger partial charge in [-0.25, -0.2) is 0 Å². The molecule has 0 saturated carbocycles. The minimum atomic E-state index is 0. The predicted octanol–water partition coefficient (Wildman–Crippen LogP) is 2.47. The van der Waals surface area contributed by atoms with Crippen molar-refractivity contribution in [3.05, 3.63) is 169 Å². The molecule has 0 aliphatic heterocycles. The van der Waals surface area contributed by atoms with Crippen LogP contribution >= 0.6 is 0 Å². The molecule has 0 atom stereocenters. The SMILES string of the molecule is CO.[Cl-].[Cl-].[Ti+2].[c-]1c(-c2cccc3c2Cc2ccccc2-3)ccc2ccccc12.[c-]1ccccc1.[c-]1ccccc1. The van der Waals surface area contributed by atoms with Crippen LogP contribution in [0, 0.1) is 18.2 Å². The number of aliphatic hydroxyl groups excluding tert-OH is 1. The molecule has 0 saturated heterocycles. The summed E-state index contributed by atoms with van der Waals surface area (Å²) < 4.78 is 0. The molecule has 0 bridgehead atoms. The molecular weight excluding hydrogens is 567 g/mol. The second-order valence-electron chi connectivity index (χ2n) is 8.28. The van der Waals surface area contributed by atoms with Crippen molar-refractivity contribution in [2.45, 2.75) is 6.42 Å². The van der Waals surface area contributed by atoms with Crippen molar-refractivity contribution in [1.82, 2.24) is 0 Å². The maximum Gasteiger partial charge on any atom is 2.00 e. The molecule has 0 aromatic heterocycles. The molecule has 6 aromatic carbocycles. The summed E-state index contributed by atoms with van der Waals surface area (Å²) in [6, 6.07) is 56.8. The fourth-order valence-electron chi connectivity index (χ4n) is 4.37. The summed E-state index contributed by atoms with van der Waals surface area (Å²) in [5.74, 6) is 0. The Hall–Kier alpha value is -3.17. The van der Waals surface area contributed by atoms with Gasteiger partial charge in [0, 0.05) is 7.11 Å². The molecule has 4 heteroatoms. The van der Waals surface area contributed by atoms with Gasteiger partial charge in [0.25, 0.3) is 0 Å². The largest absolute Gasteiger partial charge is 2.00 e. The monoisotopic (exact) mass is 595 g/mol. The first kappa shape index (κ1) is 34.9. The smallest absolute Gasteiger partial charge is 1.00 e. The van der Waals surface area contributed by atoms with E-state index in [1.54, 1.807) is 0 Å². The minimum Gasteiger partial charge on any atom is -1.00 e. The average Bonchev–Trinajstić information content (AvgIpc) is 3.39. The van der Waals surface area contributed by atoms with Crippen LogP contribution in [0.4, 0.5) is 0 Å². The summed E-state index contributed by atoms with van der Waals surface area (Å²) in [5.41, 5.74) is 8.11. The van der Waals surface area contributed by atoms with Crippen LogP contribution in [0.25, 0.3) is 33.0 Å². The Labute approximate surface area is 265 Å². The zero-order valence-corrected chi connectivity index (χ0v) is 25.3. The molecule has 0 amide bonds. The molecule has 0 heterocycles. The number of hydrogen-bond acceptors (Lipinski definition) is 1. The molecule has 7 rings (SSSR count). The number of hydrogen-bond donors (Lipinski definition) is 1. The standard InChI is InChI=1S/C23H15.2C6H5.CH4O.2ClH.Ti/c1-2-7-17-14-19(13-12-16(17)6-1)21-10-5-11-22-20-9-4-3-8-18(20)15-23(21)22;2*1-2-4-6-5-3-1;1-2;;;/h1-13H,15H2;2*1-5H;2H,1H3;2*1H;/q3*-1;;;;+2/p-2. The van der Waals surface area contributed by atoms with E-state index in [2.05, 4.69) is 97.1 Å². The Morgan fingerprint density at radius 3 is 1.68 bits per heavy atom. The average molecular weight is 596 g/mol. The number of aliphatic hydroxyl groups is 1. The molecule has 200 valence electrons. The molecule has 40 heavy (non-hydrogen) atoms. The molecule has 1 N–H and O–H groups in total. The van der Waals surface area contributed by atoms with E-state index in [-0.39, 0.29) is 46.5 Å². The maximum atomic E-state index is 7.00. The third-order valence-corrected chi connectivity index (χ3v) is 6.01. The Kier molecular flexibility index (Phi) is 16.6. The van der Waals surface area contributed by atoms with Crippen LogP contribution < -0.4 is 24.8 Å². The number of halogens is 2. The predicted molar refractivity (Wildman–Crippen MR) is 155 cm³/mol. The van der Waals surface area contributed by atoms with Gasteiger partial charge in [-0.1, -0.05) is 77.2 Å². The molecule has 0 unspecified atom stereocenters. The summed E-state index contributed by atoms with van der Waals surface area (Å²) in [5, 5.41) is 9.42. The van der Waals surface area contributed by atoms with Gasteiger partial charge in [0.05, 0.1) is 0 Å². The molecule has 0 radical (unpaired) electrons. The normalized spacial score (nSPS) is 9.55. The van der Waals surface area contributed by atoms with Gasteiger partial charge in [0.15, 0.2) is 0 Å². The number of benzene rings is 6. The third kappa shape index (κ3) is 9.20. The van der Waals surface area contributed by atoms with Gasteiger partial charge in [-0.3, -0.25) is 0 Å². The molecule has 0 spiro atoms. The van der Waals surface area contributed by atoms with Crippen molar-refractivity contribution in [2.24, 2.45) is 0 Å². The molecule has 1 aliphatic carbocycles. The second-order valence-corrected chi connectivity index (χ2v) is 8.28. The van der Waals surface area contributed by atoms with Crippen molar-refractivity contribution in [3.8, 4) is 22.3 Å². The van der Waals surface area contributed by atoms with Gasteiger partial charge < -0.3 is 29.9 Å². The molecule has 1 aliphatic rings. The third-order valence-electron chi connectivity index (χ3n) is 6.01. The fraction of sp³-hybridized carbons (Fsp3) is 0.0556. The van der Waals surface area contributed by atoms with Gasteiger partial charge in [-0.2, -0.15) is 72.8 Å². The summed E-state index contributed by atoms with van der Waals surface area (Å²) >= 11 is 0. The van der Waals surface area contributed by atoms with Crippen molar-refractivity contribution in [1.29, 1.82) is 0 Å². The zero-order valence-electron chi connectivity index (χ0n) is 22.2. The zero-order chi connectivity index (χ0) is 25.7. The summed E-state index contributed by atoms with van der Waals surface area (Å²) in [6.45, 7) is 0. The van der Waals surface area contributed by atoms with Gasteiger partial charge in [0.1, 0.15) is 0 Å². The topological polar surface area (TPSA) is 20.2 Å². The molecule has 1 nitrogen and oxygen atoms in total. The first-order valence-electron chi connectivity index (χ1n) is 12.3. The van der Waals surface area contributed by atoms with Crippen molar-refractivity contribution < 1.29 is 51.6 Å². The van der Waals surface area contributed by atoms with Gasteiger partial charge >= 0.3 is 21.7 Å². The Balaban J connectivity index is 0.000000393. The van der Waals surface area contributed by atoms with Crippen molar-refractivity contribution in [2.75, 3.05) is 7.11 Å². The van der Waals surface area contributed by atoms with E-state index in [0.717, 1.165) is 13.5 Å². The summed E-state index contributed by atoms with van der Waals surface area (Å²) in [6.07, 6.45) is 1.02. The molecule has 6 aromatic rings. The van der Waals surface area contributed by atoms with Crippen LogP contribution in [0.2, 0.25) is 0 Å². The Bertz CT molecular complexity index is 1440. The van der Waals surface area contributed by atoms with Crippen LogP contribution in [-0.2, 0) is 28.1 Å². The molecular formula is C36H29Cl2OTi-3. The van der Waals surface area contributed by atoms with Crippen LogP contribution in [0.5, 0.6) is 0 Å². The fourth-order valence-corrected chi connectivity index (χ4v) is 4.37. The van der Waals surface area contributed by atoms with E-state index in [0.29, 0.717) is 0 Å². The first-order chi connectivity index (χ1) is 18.4. The van der Waals surface area contributed by atoms with Crippen LogP contribution in [0.15, 0.2) is 140 Å². The maximum absolute atomic E-state index is 7.00. The summed E-state index contributed by atoms with van der Waals surface area (Å²) in [4.78, 5) is 0. The first-order valence-corrected chi connectivity index (χ1v) is 12.3. The van der Waals surface area contributed by atoms with Crippen molar-refractivity contribution in [3.63, 3.8) is 0 Å². The second kappa shape index (κ2) is 19.0. The minimum absolute atomic E-state index is 0. The Morgan fingerprint density at radius 2 is 1.07 bits per heavy atom. The van der Waals surface area contributed by atoms with Gasteiger partial charge in [-0.05, 0) is 23.1 Å². The summed E-state index contributed by atoms with van der Waals surface area (Å²) in [7, 11) is 1.00. The Morgan fingerprint density at radius 1 is 0.525 bits per heavy atom. The van der Waals surface area contributed by atoms with E-state index >= 15 is 0 Å². The van der Waals surface area contributed by atoms with Gasteiger partial charge in [-0.15, -0.1) is 35.2 Å². The van der Waals surface area contributed by atoms with Crippen LogP contribution in [0.3, 0.4) is 0 Å². The van der Waals surface area contributed by atoms with Crippen LogP contribution in [0.1, 0.15) is 11.1 Å². The number of rotatable bonds is 1. The van der Waals surface area contributed by atoms with E-state index in [9.17, 15) is 0 Å². The van der Waals surface area contributed by atoms with E-state index in [4.69, 9.17) is 5.11 Å². The van der Waals surface area contributed by atoms with Crippen molar-refractivity contribution >= 4 is 10.8 Å².